The Balaban J connectivity index is 3.43. The highest BCUT2D eigenvalue weighted by molar-refractivity contribution is 5.80. The number of carbonyl (C=O) groups excluding carboxylic acids is 1. The van der Waals surface area contributed by atoms with Crippen molar-refractivity contribution in [2.75, 3.05) is 0 Å². The Bertz CT molecular complexity index is 422. The van der Waals surface area contributed by atoms with Crippen LogP contribution in [0.4, 0.5) is 14.6 Å². The number of halogens is 2. The summed E-state index contributed by atoms with van der Waals surface area (Å²) in [6.07, 6.45) is -3.09. The zero-order chi connectivity index (χ0) is 11.6. The number of nitro groups is 1. The normalized spacial score (nSPS) is 10.3. The van der Waals surface area contributed by atoms with Crippen molar-refractivity contribution >= 4 is 12.1 Å². The molecule has 0 atom stereocenters. The molecule has 0 bridgehead atoms. The lowest BCUT2D eigenvalue weighted by Crippen LogP contribution is -2.02. The number of aromatic hydroxyl groups is 1. The summed E-state index contributed by atoms with van der Waals surface area (Å²) in [7, 11) is 0. The van der Waals surface area contributed by atoms with Gasteiger partial charge in [-0.2, -0.15) is 0 Å². The van der Waals surface area contributed by atoms with Crippen LogP contribution in [0.2, 0.25) is 0 Å². The molecule has 0 aliphatic rings. The number of alkyl halides is 2. The van der Waals surface area contributed by atoms with E-state index >= 15 is 0 Å². The van der Waals surface area contributed by atoms with Crippen LogP contribution in [0, 0.1) is 10.1 Å². The van der Waals surface area contributed by atoms with Crippen LogP contribution in [0.25, 0.3) is 0 Å². The smallest absolute Gasteiger partial charge is 0.374 e. The second kappa shape index (κ2) is 3.95. The molecule has 0 radical (unpaired) electrons. The molecule has 0 aliphatic heterocycles. The third-order valence-corrected chi connectivity index (χ3v) is 1.55. The average Bonchev–Trinajstić information content (AvgIpc) is 2.16. The summed E-state index contributed by atoms with van der Waals surface area (Å²) in [6, 6.07) is 0.583. The van der Waals surface area contributed by atoms with Gasteiger partial charge < -0.3 is 15.2 Å². The maximum absolute atomic E-state index is 12.2. The fraction of sp³-hybridized carbons (Fsp3) is 0.143. The van der Waals surface area contributed by atoms with Crippen molar-refractivity contribution < 1.29 is 23.6 Å². The van der Waals surface area contributed by atoms with Gasteiger partial charge in [-0.15, -0.1) is 0 Å². The average molecular weight is 218 g/mol. The highest BCUT2D eigenvalue weighted by Crippen LogP contribution is 2.30. The van der Waals surface area contributed by atoms with Crippen molar-refractivity contribution in [1.82, 2.24) is 4.98 Å². The van der Waals surface area contributed by atoms with Crippen LogP contribution in [0.15, 0.2) is 6.07 Å². The van der Waals surface area contributed by atoms with E-state index in [1.54, 1.807) is 0 Å². The maximum Gasteiger partial charge on any atom is 0.374 e. The Hall–Kier alpha value is -2.12. The van der Waals surface area contributed by atoms with Crippen molar-refractivity contribution in [3.05, 3.63) is 27.4 Å². The molecule has 0 spiro atoms. The van der Waals surface area contributed by atoms with Crippen LogP contribution in [0.3, 0.4) is 0 Å². The van der Waals surface area contributed by atoms with E-state index in [1.165, 1.54) is 0 Å². The molecular weight excluding hydrogens is 214 g/mol. The minimum absolute atomic E-state index is 0.0557. The molecule has 1 heterocycles. The fourth-order valence-electron chi connectivity index (χ4n) is 0.915. The molecule has 0 unspecified atom stereocenters. The molecule has 80 valence electrons. The summed E-state index contributed by atoms with van der Waals surface area (Å²) in [6.45, 7) is 0. The molecule has 0 aliphatic carbocycles. The molecule has 1 aromatic heterocycles. The van der Waals surface area contributed by atoms with E-state index in [0.29, 0.717) is 6.07 Å². The molecule has 0 amide bonds. The maximum atomic E-state index is 12.2. The molecule has 0 saturated carbocycles. The van der Waals surface area contributed by atoms with E-state index in [1.807, 2.05) is 0 Å². The number of aromatic nitrogens is 1. The third kappa shape index (κ3) is 2.03. The molecule has 1 aromatic rings. The Kier molecular flexibility index (Phi) is 2.88. The first-order chi connectivity index (χ1) is 6.97. The second-order valence-corrected chi connectivity index (χ2v) is 2.48. The van der Waals surface area contributed by atoms with Crippen LogP contribution < -0.4 is 0 Å². The van der Waals surface area contributed by atoms with Gasteiger partial charge in [0.1, 0.15) is 5.56 Å². The van der Waals surface area contributed by atoms with Gasteiger partial charge in [-0.05, 0) is 9.91 Å². The predicted octanol–water partition coefficient (Wildman–Crippen LogP) is 1.45. The third-order valence-electron chi connectivity index (χ3n) is 1.55. The first-order valence-corrected chi connectivity index (χ1v) is 3.59. The lowest BCUT2D eigenvalue weighted by atomic mass is 10.2. The Labute approximate surface area is 81.3 Å². The van der Waals surface area contributed by atoms with Gasteiger partial charge >= 0.3 is 12.2 Å². The molecule has 15 heavy (non-hydrogen) atoms. The number of hydrogen-bond donors (Lipinski definition) is 1. The topological polar surface area (TPSA) is 93.3 Å². The Morgan fingerprint density at radius 2 is 2.20 bits per heavy atom. The van der Waals surface area contributed by atoms with Crippen LogP contribution in [0.1, 0.15) is 22.5 Å². The zero-order valence-electron chi connectivity index (χ0n) is 7.05. The monoisotopic (exact) mass is 218 g/mol. The van der Waals surface area contributed by atoms with Crippen molar-refractivity contribution in [2.45, 2.75) is 6.43 Å². The van der Waals surface area contributed by atoms with Gasteiger partial charge in [0.05, 0.1) is 0 Å². The largest absolute Gasteiger partial charge is 0.504 e. The van der Waals surface area contributed by atoms with Crippen molar-refractivity contribution in [1.29, 1.82) is 0 Å². The highest BCUT2D eigenvalue weighted by Gasteiger charge is 2.27. The summed E-state index contributed by atoms with van der Waals surface area (Å²) >= 11 is 0. The summed E-state index contributed by atoms with van der Waals surface area (Å²) in [5, 5.41) is 19.3. The minimum atomic E-state index is -3.15. The van der Waals surface area contributed by atoms with Gasteiger partial charge in [0.15, 0.2) is 12.0 Å². The van der Waals surface area contributed by atoms with Gasteiger partial charge in [-0.1, -0.05) is 0 Å². The number of aldehydes is 1. The molecule has 1 N–H and O–H groups in total. The van der Waals surface area contributed by atoms with Crippen LogP contribution in [-0.4, -0.2) is 21.3 Å². The van der Waals surface area contributed by atoms with Crippen molar-refractivity contribution in [3.8, 4) is 5.75 Å². The van der Waals surface area contributed by atoms with E-state index in [4.69, 9.17) is 5.11 Å². The SMILES string of the molecule is O=Cc1cc(O)c(C(F)F)nc1[N+](=O)[O-]. The van der Waals surface area contributed by atoms with Gasteiger partial charge in [-0.3, -0.25) is 4.79 Å². The number of rotatable bonds is 3. The van der Waals surface area contributed by atoms with Crippen LogP contribution >= 0.6 is 0 Å². The number of hydrogen-bond acceptors (Lipinski definition) is 5. The van der Waals surface area contributed by atoms with E-state index in [2.05, 4.69) is 4.98 Å². The number of nitrogens with zero attached hydrogens (tertiary/aromatic N) is 2. The quantitative estimate of drug-likeness (QED) is 0.470. The van der Waals surface area contributed by atoms with E-state index in [9.17, 15) is 23.7 Å². The summed E-state index contributed by atoms with van der Waals surface area (Å²) in [4.78, 5) is 22.5. The summed E-state index contributed by atoms with van der Waals surface area (Å²) in [5.41, 5.74) is -1.67. The molecular formula is C7H4F2N2O4. The second-order valence-electron chi connectivity index (χ2n) is 2.48. The zero-order valence-corrected chi connectivity index (χ0v) is 7.05. The minimum Gasteiger partial charge on any atom is -0.504 e. The molecule has 0 fully saturated rings. The van der Waals surface area contributed by atoms with E-state index in [-0.39, 0.29) is 6.29 Å². The molecule has 8 heteroatoms. The lowest BCUT2D eigenvalue weighted by molar-refractivity contribution is -0.390. The fourth-order valence-corrected chi connectivity index (χ4v) is 0.915. The van der Waals surface area contributed by atoms with Crippen LogP contribution in [-0.2, 0) is 0 Å². The summed E-state index contributed by atoms with van der Waals surface area (Å²) < 4.78 is 24.3. The number of pyridine rings is 1. The van der Waals surface area contributed by atoms with Gasteiger partial charge in [0.25, 0.3) is 5.69 Å². The Morgan fingerprint density at radius 3 is 2.60 bits per heavy atom. The molecule has 0 aromatic carbocycles. The van der Waals surface area contributed by atoms with Crippen molar-refractivity contribution in [3.63, 3.8) is 0 Å². The molecule has 1 rings (SSSR count). The Morgan fingerprint density at radius 1 is 1.60 bits per heavy atom. The van der Waals surface area contributed by atoms with E-state index < -0.39 is 34.2 Å². The number of carbonyl (C=O) groups is 1. The first-order valence-electron chi connectivity index (χ1n) is 3.59. The van der Waals surface area contributed by atoms with Gasteiger partial charge in [-0.25, -0.2) is 8.78 Å². The van der Waals surface area contributed by atoms with Crippen LogP contribution in [0.5, 0.6) is 5.75 Å². The highest BCUT2D eigenvalue weighted by atomic mass is 19.3. The summed E-state index contributed by atoms with van der Waals surface area (Å²) in [5.74, 6) is -1.95. The standard InChI is InChI=1S/C7H4F2N2O4/c8-6(9)5-4(13)1-3(2-12)7(10-5)11(14)15/h1-2,6,13H. The molecule has 6 nitrogen and oxygen atoms in total. The van der Waals surface area contributed by atoms with Crippen molar-refractivity contribution in [2.24, 2.45) is 0 Å². The molecule has 0 saturated heterocycles. The lowest BCUT2D eigenvalue weighted by Gasteiger charge is -2.00. The van der Waals surface area contributed by atoms with Gasteiger partial charge in [0, 0.05) is 6.07 Å². The first kappa shape index (κ1) is 11.0. The van der Waals surface area contributed by atoms with Gasteiger partial charge in [0.2, 0.25) is 0 Å². The van der Waals surface area contributed by atoms with E-state index in [0.717, 1.165) is 0 Å². The predicted molar refractivity (Wildman–Crippen MR) is 42.9 cm³/mol.